The highest BCUT2D eigenvalue weighted by Gasteiger charge is 2.41. The molecule has 3 nitrogen and oxygen atoms in total. The van der Waals surface area contributed by atoms with Crippen LogP contribution in [0.3, 0.4) is 0 Å². The Kier molecular flexibility index (Phi) is 3.46. The first-order chi connectivity index (χ1) is 9.23. The maximum absolute atomic E-state index is 14.0. The quantitative estimate of drug-likeness (QED) is 0.855. The highest BCUT2D eigenvalue weighted by Crippen LogP contribution is 2.35. The zero-order valence-corrected chi connectivity index (χ0v) is 11.2. The molecule has 2 aliphatic rings. The van der Waals surface area contributed by atoms with E-state index >= 15 is 0 Å². The van der Waals surface area contributed by atoms with E-state index in [4.69, 9.17) is 9.47 Å². The van der Waals surface area contributed by atoms with E-state index in [1.807, 2.05) is 13.0 Å². The predicted molar refractivity (Wildman–Crippen MR) is 71.1 cm³/mol. The summed E-state index contributed by atoms with van der Waals surface area (Å²) in [6, 6.07) is 5.95. The first kappa shape index (κ1) is 12.9. The SMILES string of the molecule is CCOc1ccc(C2(CNC3CC3)COC2)cc1F. The lowest BCUT2D eigenvalue weighted by Gasteiger charge is -2.42. The average molecular weight is 265 g/mol. The monoisotopic (exact) mass is 265 g/mol. The molecule has 4 heteroatoms. The highest BCUT2D eigenvalue weighted by molar-refractivity contribution is 5.36. The predicted octanol–water partition coefficient (Wildman–Crippen LogP) is 2.24. The molecular weight excluding hydrogens is 245 g/mol. The molecule has 1 saturated carbocycles. The molecule has 3 rings (SSSR count). The third-order valence-corrected chi connectivity index (χ3v) is 3.91. The molecule has 2 fully saturated rings. The van der Waals surface area contributed by atoms with E-state index in [-0.39, 0.29) is 11.2 Å². The summed E-state index contributed by atoms with van der Waals surface area (Å²) < 4.78 is 24.6. The molecule has 0 spiro atoms. The summed E-state index contributed by atoms with van der Waals surface area (Å²) in [5, 5.41) is 3.52. The molecule has 104 valence electrons. The van der Waals surface area contributed by atoms with Crippen molar-refractivity contribution in [1.29, 1.82) is 0 Å². The number of ether oxygens (including phenoxy) is 2. The van der Waals surface area contributed by atoms with Crippen LogP contribution in [0.1, 0.15) is 25.3 Å². The van der Waals surface area contributed by atoms with Gasteiger partial charge in [0.25, 0.3) is 0 Å². The van der Waals surface area contributed by atoms with Gasteiger partial charge in [0.1, 0.15) is 0 Å². The standard InChI is InChI=1S/C15H20FNO2/c1-2-19-14-6-3-11(7-13(14)16)15(9-18-10-15)8-17-12-4-5-12/h3,6-7,12,17H,2,4-5,8-10H2,1H3. The van der Waals surface area contributed by atoms with Crippen LogP contribution in [0.5, 0.6) is 5.75 Å². The van der Waals surface area contributed by atoms with E-state index in [9.17, 15) is 4.39 Å². The minimum Gasteiger partial charge on any atom is -0.491 e. The number of benzene rings is 1. The zero-order chi connectivity index (χ0) is 13.3. The van der Waals surface area contributed by atoms with Crippen molar-refractivity contribution in [3.8, 4) is 5.75 Å². The second-order valence-corrected chi connectivity index (χ2v) is 5.51. The van der Waals surface area contributed by atoms with Crippen molar-refractivity contribution >= 4 is 0 Å². The van der Waals surface area contributed by atoms with E-state index in [1.54, 1.807) is 12.1 Å². The van der Waals surface area contributed by atoms with Crippen LogP contribution < -0.4 is 10.1 Å². The minimum atomic E-state index is -0.281. The zero-order valence-electron chi connectivity index (χ0n) is 11.2. The van der Waals surface area contributed by atoms with E-state index in [0.29, 0.717) is 31.6 Å². The van der Waals surface area contributed by atoms with Crippen molar-refractivity contribution in [3.63, 3.8) is 0 Å². The van der Waals surface area contributed by atoms with Crippen molar-refractivity contribution in [2.75, 3.05) is 26.4 Å². The third kappa shape index (κ3) is 2.60. The minimum absolute atomic E-state index is 0.0613. The van der Waals surface area contributed by atoms with Gasteiger partial charge in [-0.15, -0.1) is 0 Å². The summed E-state index contributed by atoms with van der Waals surface area (Å²) >= 11 is 0. The molecule has 19 heavy (non-hydrogen) atoms. The summed E-state index contributed by atoms with van der Waals surface area (Å²) in [6.07, 6.45) is 2.52. The van der Waals surface area contributed by atoms with E-state index in [2.05, 4.69) is 5.32 Å². The van der Waals surface area contributed by atoms with Crippen LogP contribution in [0.2, 0.25) is 0 Å². The fourth-order valence-corrected chi connectivity index (χ4v) is 2.45. The molecular formula is C15H20FNO2. The molecule has 1 N–H and O–H groups in total. The number of nitrogens with one attached hydrogen (secondary N) is 1. The van der Waals surface area contributed by atoms with Crippen molar-refractivity contribution in [3.05, 3.63) is 29.6 Å². The van der Waals surface area contributed by atoms with Gasteiger partial charge in [0.15, 0.2) is 11.6 Å². The van der Waals surface area contributed by atoms with E-state index in [1.165, 1.54) is 12.8 Å². The Balaban J connectivity index is 1.76. The summed E-state index contributed by atoms with van der Waals surface area (Å²) in [5.41, 5.74) is 0.946. The number of hydrogen-bond acceptors (Lipinski definition) is 3. The summed E-state index contributed by atoms with van der Waals surface area (Å²) in [6.45, 7) is 4.54. The first-order valence-corrected chi connectivity index (χ1v) is 6.97. The molecule has 0 radical (unpaired) electrons. The lowest BCUT2D eigenvalue weighted by Crippen LogP contribution is -2.53. The van der Waals surface area contributed by atoms with Crippen LogP contribution in [0.15, 0.2) is 18.2 Å². The molecule has 1 saturated heterocycles. The first-order valence-electron chi connectivity index (χ1n) is 6.97. The topological polar surface area (TPSA) is 30.5 Å². The van der Waals surface area contributed by atoms with Gasteiger partial charge in [0.05, 0.1) is 25.2 Å². The van der Waals surface area contributed by atoms with Crippen molar-refractivity contribution < 1.29 is 13.9 Å². The van der Waals surface area contributed by atoms with Gasteiger partial charge >= 0.3 is 0 Å². The summed E-state index contributed by atoms with van der Waals surface area (Å²) in [7, 11) is 0. The smallest absolute Gasteiger partial charge is 0.165 e. The Morgan fingerprint density at radius 1 is 1.42 bits per heavy atom. The normalized spacial score (nSPS) is 20.9. The van der Waals surface area contributed by atoms with Crippen molar-refractivity contribution in [1.82, 2.24) is 5.32 Å². The van der Waals surface area contributed by atoms with Crippen LogP contribution in [-0.2, 0) is 10.2 Å². The Morgan fingerprint density at radius 3 is 2.74 bits per heavy atom. The van der Waals surface area contributed by atoms with E-state index in [0.717, 1.165) is 12.1 Å². The molecule has 0 bridgehead atoms. The fourth-order valence-electron chi connectivity index (χ4n) is 2.45. The Bertz CT molecular complexity index is 455. The van der Waals surface area contributed by atoms with Gasteiger partial charge in [0.2, 0.25) is 0 Å². The molecule has 1 aromatic rings. The molecule has 0 atom stereocenters. The van der Waals surface area contributed by atoms with Crippen LogP contribution in [-0.4, -0.2) is 32.4 Å². The van der Waals surface area contributed by atoms with Gasteiger partial charge in [-0.25, -0.2) is 4.39 Å². The fraction of sp³-hybridized carbons (Fsp3) is 0.600. The molecule has 0 unspecified atom stereocenters. The van der Waals surface area contributed by atoms with Crippen LogP contribution in [0, 0.1) is 5.82 Å². The summed E-state index contributed by atoms with van der Waals surface area (Å²) in [5.74, 6) is 0.0499. The second kappa shape index (κ2) is 5.10. The number of rotatable bonds is 6. The van der Waals surface area contributed by atoms with Crippen molar-refractivity contribution in [2.24, 2.45) is 0 Å². The van der Waals surface area contributed by atoms with Gasteiger partial charge in [-0.1, -0.05) is 6.07 Å². The van der Waals surface area contributed by atoms with Gasteiger partial charge in [-0.3, -0.25) is 0 Å². The Labute approximate surface area is 113 Å². The van der Waals surface area contributed by atoms with Gasteiger partial charge in [-0.2, -0.15) is 0 Å². The van der Waals surface area contributed by atoms with Crippen LogP contribution >= 0.6 is 0 Å². The molecule has 1 aliphatic carbocycles. The lowest BCUT2D eigenvalue weighted by molar-refractivity contribution is -0.0593. The molecule has 0 aromatic heterocycles. The highest BCUT2D eigenvalue weighted by atomic mass is 19.1. The average Bonchev–Trinajstić information content (AvgIpc) is 3.15. The third-order valence-electron chi connectivity index (χ3n) is 3.91. The molecule has 0 amide bonds. The maximum Gasteiger partial charge on any atom is 0.165 e. The maximum atomic E-state index is 14.0. The summed E-state index contributed by atoms with van der Waals surface area (Å²) in [4.78, 5) is 0. The van der Waals surface area contributed by atoms with Gasteiger partial charge < -0.3 is 14.8 Å². The van der Waals surface area contributed by atoms with Crippen LogP contribution in [0.25, 0.3) is 0 Å². The number of halogens is 1. The molecule has 1 aliphatic heterocycles. The van der Waals surface area contributed by atoms with Crippen LogP contribution in [0.4, 0.5) is 4.39 Å². The van der Waals surface area contributed by atoms with E-state index < -0.39 is 0 Å². The van der Waals surface area contributed by atoms with Crippen molar-refractivity contribution in [2.45, 2.75) is 31.2 Å². The number of hydrogen-bond donors (Lipinski definition) is 1. The second-order valence-electron chi connectivity index (χ2n) is 5.51. The lowest BCUT2D eigenvalue weighted by atomic mass is 9.78. The molecule has 1 heterocycles. The Morgan fingerprint density at radius 2 is 2.21 bits per heavy atom. The molecule has 1 aromatic carbocycles. The Hall–Kier alpha value is -1.13. The largest absolute Gasteiger partial charge is 0.491 e. The van der Waals surface area contributed by atoms with Gasteiger partial charge in [-0.05, 0) is 37.5 Å². The van der Waals surface area contributed by atoms with Gasteiger partial charge in [0, 0.05) is 12.6 Å².